The monoisotopic (exact) mass is 529 g/mol. The molecule has 1 atom stereocenters. The molecule has 2 aliphatic rings. The first kappa shape index (κ1) is 26.3. The van der Waals surface area contributed by atoms with Crippen LogP contribution in [0.3, 0.4) is 0 Å². The Morgan fingerprint density at radius 1 is 1.05 bits per heavy atom. The van der Waals surface area contributed by atoms with Crippen LogP contribution in [0.2, 0.25) is 0 Å². The molecule has 2 aromatic heterocycles. The maximum atomic E-state index is 15.3. The molecule has 38 heavy (non-hydrogen) atoms. The van der Waals surface area contributed by atoms with E-state index in [-0.39, 0.29) is 28.8 Å². The van der Waals surface area contributed by atoms with Gasteiger partial charge in [-0.25, -0.2) is 23.7 Å². The summed E-state index contributed by atoms with van der Waals surface area (Å²) in [4.78, 5) is 18.4. The lowest BCUT2D eigenvalue weighted by Gasteiger charge is -2.32. The Balaban J connectivity index is 1.51. The third-order valence-electron chi connectivity index (χ3n) is 6.97. The second kappa shape index (κ2) is 11.6. The number of hydrogen-bond donors (Lipinski definition) is 2. The fourth-order valence-electron chi connectivity index (χ4n) is 4.71. The molecule has 2 saturated heterocycles. The fraction of sp³-hybridized carbons (Fsp3) is 0.500. The summed E-state index contributed by atoms with van der Waals surface area (Å²) in [6.45, 7) is 6.65. The smallest absolute Gasteiger partial charge is 0.223 e. The molecule has 0 bridgehead atoms. The van der Waals surface area contributed by atoms with Crippen molar-refractivity contribution in [2.24, 2.45) is 0 Å². The van der Waals surface area contributed by atoms with Gasteiger partial charge in [0.15, 0.2) is 29.0 Å². The molecule has 5 rings (SSSR count). The lowest BCUT2D eigenvalue weighted by molar-refractivity contribution is 0.158. The third-order valence-corrected chi connectivity index (χ3v) is 6.97. The topological polar surface area (TPSA) is 96.9 Å². The Hall–Kier alpha value is -3.35. The summed E-state index contributed by atoms with van der Waals surface area (Å²) in [6, 6.07) is 2.88. The van der Waals surface area contributed by atoms with E-state index in [1.165, 1.54) is 20.3 Å². The molecule has 10 nitrogen and oxygen atoms in total. The molecule has 1 unspecified atom stereocenters. The van der Waals surface area contributed by atoms with E-state index >= 15 is 8.78 Å². The molecule has 0 saturated carbocycles. The van der Waals surface area contributed by atoms with Gasteiger partial charge in [-0.2, -0.15) is 0 Å². The van der Waals surface area contributed by atoms with E-state index in [0.717, 1.165) is 39.1 Å². The average Bonchev–Trinajstić information content (AvgIpc) is 3.43. The second-order valence-corrected chi connectivity index (χ2v) is 9.55. The van der Waals surface area contributed by atoms with E-state index in [1.54, 1.807) is 12.3 Å². The third kappa shape index (κ3) is 5.57. The predicted octanol–water partition coefficient (Wildman–Crippen LogP) is 2.85. The zero-order valence-corrected chi connectivity index (χ0v) is 21.9. The Morgan fingerprint density at radius 2 is 1.79 bits per heavy atom. The maximum Gasteiger partial charge on any atom is 0.223 e. The van der Waals surface area contributed by atoms with Gasteiger partial charge >= 0.3 is 0 Å². The summed E-state index contributed by atoms with van der Waals surface area (Å²) in [7, 11) is 4.75. The molecule has 0 aliphatic carbocycles. The Kier molecular flexibility index (Phi) is 8.01. The fourth-order valence-corrected chi connectivity index (χ4v) is 4.71. The standard InChI is InChI=1S/C26H33F2N7O3/c1-34-7-9-35(10-8-34)6-5-29-25-24-16(14-30-26(33-24)31-17-4-11-38-15-17)12-18(32-25)21-22(27)19(36-2)13-20(37-3)23(21)28/h12-14,17H,4-11,15H2,1-3H3,(H,29,32)(H,30,31,33). The van der Waals surface area contributed by atoms with Crippen LogP contribution in [0.5, 0.6) is 11.5 Å². The second-order valence-electron chi connectivity index (χ2n) is 9.55. The van der Waals surface area contributed by atoms with E-state index in [0.29, 0.717) is 42.4 Å². The number of rotatable bonds is 9. The SMILES string of the molecule is COc1cc(OC)c(F)c(-c2cc3cnc(NC4CCOC4)nc3c(NCCN3CCN(C)CC3)n2)c1F. The van der Waals surface area contributed by atoms with Gasteiger partial charge in [-0.05, 0) is 19.5 Å². The van der Waals surface area contributed by atoms with Crippen LogP contribution >= 0.6 is 0 Å². The predicted molar refractivity (Wildman–Crippen MR) is 141 cm³/mol. The number of halogens is 2. The molecule has 1 aromatic carbocycles. The normalized spacial score (nSPS) is 18.6. The summed E-state index contributed by atoms with van der Waals surface area (Å²) in [5.74, 6) is -1.13. The van der Waals surface area contributed by atoms with Crippen molar-refractivity contribution in [2.45, 2.75) is 12.5 Å². The molecule has 2 fully saturated rings. The van der Waals surface area contributed by atoms with Gasteiger partial charge in [0.2, 0.25) is 5.95 Å². The van der Waals surface area contributed by atoms with Crippen molar-refractivity contribution in [3.63, 3.8) is 0 Å². The van der Waals surface area contributed by atoms with Crippen molar-refractivity contribution >= 4 is 22.7 Å². The van der Waals surface area contributed by atoms with Crippen LogP contribution in [-0.4, -0.2) is 105 Å². The molecule has 4 heterocycles. The van der Waals surface area contributed by atoms with E-state index in [1.807, 2.05) is 0 Å². The number of hydrogen-bond acceptors (Lipinski definition) is 10. The molecule has 2 aliphatic heterocycles. The summed E-state index contributed by atoms with van der Waals surface area (Å²) in [5.41, 5.74) is 0.301. The minimum absolute atomic E-state index is 0.0836. The number of aromatic nitrogens is 3. The molecule has 3 aromatic rings. The van der Waals surface area contributed by atoms with Gasteiger partial charge in [-0.15, -0.1) is 0 Å². The summed E-state index contributed by atoms with van der Waals surface area (Å²) >= 11 is 0. The minimum Gasteiger partial charge on any atom is -0.494 e. The quantitative estimate of drug-likeness (QED) is 0.431. The number of fused-ring (bicyclic) bond motifs is 1. The lowest BCUT2D eigenvalue weighted by atomic mass is 10.1. The van der Waals surface area contributed by atoms with Crippen LogP contribution in [0.4, 0.5) is 20.5 Å². The highest BCUT2D eigenvalue weighted by Crippen LogP contribution is 2.38. The lowest BCUT2D eigenvalue weighted by Crippen LogP contribution is -2.45. The van der Waals surface area contributed by atoms with Crippen molar-refractivity contribution in [3.05, 3.63) is 30.0 Å². The van der Waals surface area contributed by atoms with Crippen molar-refractivity contribution in [3.8, 4) is 22.8 Å². The number of piperazine rings is 1. The zero-order chi connectivity index (χ0) is 26.6. The van der Waals surface area contributed by atoms with Crippen LogP contribution in [0, 0.1) is 11.6 Å². The number of nitrogens with one attached hydrogen (secondary N) is 2. The molecule has 0 spiro atoms. The summed E-state index contributed by atoms with van der Waals surface area (Å²) < 4.78 is 46.4. The van der Waals surface area contributed by atoms with E-state index in [9.17, 15) is 0 Å². The molecule has 0 amide bonds. The highest BCUT2D eigenvalue weighted by Gasteiger charge is 2.24. The molecule has 12 heteroatoms. The van der Waals surface area contributed by atoms with Gasteiger partial charge in [-0.3, -0.25) is 4.90 Å². The van der Waals surface area contributed by atoms with Crippen molar-refractivity contribution in [1.29, 1.82) is 0 Å². The van der Waals surface area contributed by atoms with Crippen LogP contribution in [0.1, 0.15) is 6.42 Å². The highest BCUT2D eigenvalue weighted by atomic mass is 19.1. The largest absolute Gasteiger partial charge is 0.494 e. The van der Waals surface area contributed by atoms with Gasteiger partial charge in [0, 0.05) is 63.5 Å². The van der Waals surface area contributed by atoms with Crippen LogP contribution in [0.25, 0.3) is 22.2 Å². The number of methoxy groups -OCH3 is 2. The first-order valence-corrected chi connectivity index (χ1v) is 12.7. The highest BCUT2D eigenvalue weighted by molar-refractivity contribution is 5.92. The Bertz CT molecular complexity index is 1250. The number of benzene rings is 1. The van der Waals surface area contributed by atoms with E-state index in [4.69, 9.17) is 19.2 Å². The average molecular weight is 530 g/mol. The molecule has 2 N–H and O–H groups in total. The van der Waals surface area contributed by atoms with Gasteiger partial charge < -0.3 is 29.7 Å². The molecular formula is C26H33F2N7O3. The van der Waals surface area contributed by atoms with Crippen LogP contribution < -0.4 is 20.1 Å². The number of pyridine rings is 1. The van der Waals surface area contributed by atoms with Crippen molar-refractivity contribution in [1.82, 2.24) is 24.8 Å². The van der Waals surface area contributed by atoms with Crippen LogP contribution in [-0.2, 0) is 4.74 Å². The number of nitrogens with zero attached hydrogens (tertiary/aromatic N) is 5. The van der Waals surface area contributed by atoms with Gasteiger partial charge in [0.1, 0.15) is 5.52 Å². The number of anilines is 2. The number of ether oxygens (including phenoxy) is 3. The van der Waals surface area contributed by atoms with Crippen LogP contribution in [0.15, 0.2) is 18.3 Å². The molecular weight excluding hydrogens is 496 g/mol. The van der Waals surface area contributed by atoms with E-state index in [2.05, 4.69) is 37.4 Å². The minimum atomic E-state index is -0.860. The summed E-state index contributed by atoms with van der Waals surface area (Å²) in [5, 5.41) is 7.24. The first-order chi connectivity index (χ1) is 18.5. The zero-order valence-electron chi connectivity index (χ0n) is 21.9. The number of likely N-dealkylation sites (N-methyl/N-ethyl adjacent to an activating group) is 1. The summed E-state index contributed by atoms with van der Waals surface area (Å²) in [6.07, 6.45) is 2.50. The Labute approximate surface area is 220 Å². The van der Waals surface area contributed by atoms with Gasteiger partial charge in [0.25, 0.3) is 0 Å². The van der Waals surface area contributed by atoms with E-state index < -0.39 is 11.6 Å². The van der Waals surface area contributed by atoms with Crippen molar-refractivity contribution < 1.29 is 23.0 Å². The maximum absolute atomic E-state index is 15.3. The van der Waals surface area contributed by atoms with Gasteiger partial charge in [-0.1, -0.05) is 0 Å². The molecule has 204 valence electrons. The van der Waals surface area contributed by atoms with Crippen molar-refractivity contribution in [2.75, 3.05) is 84.4 Å². The van der Waals surface area contributed by atoms with Gasteiger partial charge in [0.05, 0.1) is 38.1 Å². The molecule has 0 radical (unpaired) electrons. The Morgan fingerprint density at radius 3 is 2.45 bits per heavy atom. The first-order valence-electron chi connectivity index (χ1n) is 12.7.